The smallest absolute Gasteiger partial charge is 0.201 e. The highest BCUT2D eigenvalue weighted by atomic mass is 16.3. The zero-order valence-corrected chi connectivity index (χ0v) is 21.2. The van der Waals surface area contributed by atoms with E-state index in [2.05, 4.69) is 48.5 Å². The molecule has 0 radical (unpaired) electrons. The van der Waals surface area contributed by atoms with Crippen molar-refractivity contribution in [3.8, 4) is 44.5 Å². The lowest BCUT2D eigenvalue weighted by Crippen LogP contribution is -2.06. The van der Waals surface area contributed by atoms with Crippen LogP contribution >= 0.6 is 0 Å². The Morgan fingerprint density at radius 1 is 0.333 bits per heavy atom. The second-order valence-corrected chi connectivity index (χ2v) is 9.61. The molecule has 184 valence electrons. The summed E-state index contributed by atoms with van der Waals surface area (Å²) < 4.78 is 6.44. The second-order valence-electron chi connectivity index (χ2n) is 9.61. The first kappa shape index (κ1) is 22.9. The fourth-order valence-corrected chi connectivity index (χ4v) is 5.57. The molecule has 0 aliphatic heterocycles. The van der Waals surface area contributed by atoms with E-state index in [9.17, 15) is 4.79 Å². The third-order valence-electron chi connectivity index (χ3n) is 7.33. The Labute approximate surface area is 226 Å². The van der Waals surface area contributed by atoms with Crippen LogP contribution in [0.25, 0.3) is 66.4 Å². The van der Waals surface area contributed by atoms with Crippen LogP contribution in [0.3, 0.4) is 0 Å². The average molecular weight is 501 g/mol. The van der Waals surface area contributed by atoms with Crippen molar-refractivity contribution in [3.05, 3.63) is 156 Å². The second kappa shape index (κ2) is 9.59. The van der Waals surface area contributed by atoms with Crippen molar-refractivity contribution in [3.63, 3.8) is 0 Å². The van der Waals surface area contributed by atoms with Gasteiger partial charge in [-0.25, -0.2) is 0 Å². The van der Waals surface area contributed by atoms with Crippen LogP contribution in [0, 0.1) is 0 Å². The molecule has 7 aromatic rings. The lowest BCUT2D eigenvalue weighted by atomic mass is 9.90. The molecule has 6 aromatic carbocycles. The lowest BCUT2D eigenvalue weighted by molar-refractivity contribution is 0.660. The van der Waals surface area contributed by atoms with E-state index < -0.39 is 0 Å². The minimum absolute atomic E-state index is 0.0248. The average Bonchev–Trinajstić information content (AvgIpc) is 3.01. The van der Waals surface area contributed by atoms with Crippen LogP contribution in [0.4, 0.5) is 0 Å². The highest BCUT2D eigenvalue weighted by Crippen LogP contribution is 2.39. The van der Waals surface area contributed by atoms with Crippen LogP contribution in [0.2, 0.25) is 0 Å². The zero-order valence-electron chi connectivity index (χ0n) is 21.2. The minimum Gasteiger partial charge on any atom is -0.456 e. The summed E-state index contributed by atoms with van der Waals surface area (Å²) in [6, 6.07) is 48.8. The summed E-state index contributed by atoms with van der Waals surface area (Å²) >= 11 is 0. The van der Waals surface area contributed by atoms with Gasteiger partial charge in [0.25, 0.3) is 0 Å². The molecule has 0 aliphatic rings. The first-order chi connectivity index (χ1) is 19.3. The predicted octanol–water partition coefficient (Wildman–Crippen LogP) is 9.61. The van der Waals surface area contributed by atoms with Crippen LogP contribution in [-0.2, 0) is 0 Å². The molecule has 39 heavy (non-hydrogen) atoms. The first-order valence-corrected chi connectivity index (χ1v) is 13.1. The van der Waals surface area contributed by atoms with Crippen LogP contribution in [-0.4, -0.2) is 0 Å². The van der Waals surface area contributed by atoms with E-state index in [4.69, 9.17) is 4.42 Å². The Morgan fingerprint density at radius 3 is 1.13 bits per heavy atom. The molecular weight excluding hydrogens is 476 g/mol. The topological polar surface area (TPSA) is 30.2 Å². The number of fused-ring (bicyclic) bond motifs is 2. The fourth-order valence-electron chi connectivity index (χ4n) is 5.57. The van der Waals surface area contributed by atoms with E-state index in [1.165, 1.54) is 0 Å². The Morgan fingerprint density at radius 2 is 0.692 bits per heavy atom. The molecule has 1 heterocycles. The quantitative estimate of drug-likeness (QED) is 0.225. The van der Waals surface area contributed by atoms with Crippen molar-refractivity contribution < 1.29 is 4.42 Å². The summed E-state index contributed by atoms with van der Waals surface area (Å²) in [7, 11) is 0. The Kier molecular flexibility index (Phi) is 5.64. The molecule has 0 saturated heterocycles. The largest absolute Gasteiger partial charge is 0.456 e. The number of hydrogen-bond acceptors (Lipinski definition) is 2. The molecule has 0 fully saturated rings. The molecule has 0 spiro atoms. The fraction of sp³-hybridized carbons (Fsp3) is 0. The monoisotopic (exact) mass is 500 g/mol. The Bertz CT molecular complexity index is 1880. The molecule has 0 amide bonds. The van der Waals surface area contributed by atoms with Gasteiger partial charge in [-0.15, -0.1) is 0 Å². The van der Waals surface area contributed by atoms with Crippen LogP contribution < -0.4 is 5.43 Å². The molecule has 0 N–H and O–H groups in total. The molecule has 0 atom stereocenters. The van der Waals surface area contributed by atoms with E-state index in [1.807, 2.05) is 97.1 Å². The summed E-state index contributed by atoms with van der Waals surface area (Å²) in [5, 5.41) is 1.19. The Hall–Kier alpha value is -5.21. The minimum atomic E-state index is -0.0248. The van der Waals surface area contributed by atoms with Crippen molar-refractivity contribution in [2.75, 3.05) is 0 Å². The number of benzene rings is 6. The highest BCUT2D eigenvalue weighted by molar-refractivity contribution is 6.06. The maximum atomic E-state index is 14.5. The van der Waals surface area contributed by atoms with Crippen LogP contribution in [0.1, 0.15) is 0 Å². The summed E-state index contributed by atoms with van der Waals surface area (Å²) in [4.78, 5) is 14.5. The number of rotatable bonds is 4. The summed E-state index contributed by atoms with van der Waals surface area (Å²) in [6.07, 6.45) is 0. The molecule has 1 aromatic heterocycles. The Balaban J connectivity index is 1.54. The van der Waals surface area contributed by atoms with Crippen molar-refractivity contribution in [2.24, 2.45) is 0 Å². The molecule has 0 bridgehead atoms. The van der Waals surface area contributed by atoms with Crippen molar-refractivity contribution in [1.82, 2.24) is 0 Å². The normalized spacial score (nSPS) is 11.2. The third kappa shape index (κ3) is 3.94. The predicted molar refractivity (Wildman–Crippen MR) is 162 cm³/mol. The highest BCUT2D eigenvalue weighted by Gasteiger charge is 2.19. The van der Waals surface area contributed by atoms with Gasteiger partial charge in [-0.2, -0.15) is 0 Å². The van der Waals surface area contributed by atoms with Crippen molar-refractivity contribution in [2.45, 2.75) is 0 Å². The summed E-state index contributed by atoms with van der Waals surface area (Å²) in [6.45, 7) is 0. The first-order valence-electron chi connectivity index (χ1n) is 13.1. The molecular formula is C37H24O2. The van der Waals surface area contributed by atoms with Crippen LogP contribution in [0.5, 0.6) is 0 Å². The van der Waals surface area contributed by atoms with Gasteiger partial charge in [0, 0.05) is 0 Å². The van der Waals surface area contributed by atoms with Gasteiger partial charge < -0.3 is 4.42 Å². The summed E-state index contributed by atoms with van der Waals surface area (Å²) in [5.74, 6) is 0. The lowest BCUT2D eigenvalue weighted by Gasteiger charge is -2.15. The van der Waals surface area contributed by atoms with Gasteiger partial charge in [0.2, 0.25) is 5.43 Å². The maximum absolute atomic E-state index is 14.5. The van der Waals surface area contributed by atoms with Gasteiger partial charge in [-0.1, -0.05) is 133 Å². The van der Waals surface area contributed by atoms with Crippen molar-refractivity contribution >= 4 is 21.9 Å². The maximum Gasteiger partial charge on any atom is 0.201 e. The molecule has 7 rings (SSSR count). The van der Waals surface area contributed by atoms with Crippen molar-refractivity contribution in [1.29, 1.82) is 0 Å². The number of hydrogen-bond donors (Lipinski definition) is 0. The molecule has 2 heteroatoms. The van der Waals surface area contributed by atoms with Crippen LogP contribution in [0.15, 0.2) is 155 Å². The van der Waals surface area contributed by atoms with Gasteiger partial charge in [0.15, 0.2) is 0 Å². The van der Waals surface area contributed by atoms with E-state index >= 15 is 0 Å². The molecule has 0 unspecified atom stereocenters. The molecule has 0 aliphatic carbocycles. The molecule has 0 saturated carbocycles. The zero-order chi connectivity index (χ0) is 26.2. The van der Waals surface area contributed by atoms with Gasteiger partial charge in [0.1, 0.15) is 11.2 Å². The third-order valence-corrected chi connectivity index (χ3v) is 7.33. The van der Waals surface area contributed by atoms with Gasteiger partial charge in [-0.3, -0.25) is 4.79 Å². The van der Waals surface area contributed by atoms with Gasteiger partial charge in [0.05, 0.1) is 10.8 Å². The van der Waals surface area contributed by atoms with Gasteiger partial charge in [-0.05, 0) is 56.6 Å². The summed E-state index contributed by atoms with van der Waals surface area (Å²) in [5.41, 5.74) is 9.25. The van der Waals surface area contributed by atoms with E-state index in [-0.39, 0.29) is 5.43 Å². The van der Waals surface area contributed by atoms with E-state index in [0.717, 1.165) is 44.5 Å². The molecule has 2 nitrogen and oxygen atoms in total. The van der Waals surface area contributed by atoms with Gasteiger partial charge >= 0.3 is 0 Å². The van der Waals surface area contributed by atoms with E-state index in [1.54, 1.807) is 0 Å². The SMILES string of the molecule is O=c1c2c(-c3ccccc3-c3ccccc3)cccc2oc2cccc(-c3ccccc3-c3ccccc3)c12. The van der Waals surface area contributed by atoms with E-state index in [0.29, 0.717) is 21.9 Å². The standard InChI is InChI=1S/C37H24O2/c38-37-35-31(29-19-9-7-17-27(29)25-13-3-1-4-14-25)21-11-23-33(35)39-34-24-12-22-32(36(34)37)30-20-10-8-18-28(30)26-15-5-2-6-16-26/h1-24H.